The van der Waals surface area contributed by atoms with Gasteiger partial charge in [-0.05, 0) is 20.8 Å². The molecule has 15 heavy (non-hydrogen) atoms. The lowest BCUT2D eigenvalue weighted by atomic mass is 10.2. The first-order chi connectivity index (χ1) is 6.88. The Morgan fingerprint density at radius 2 is 2.20 bits per heavy atom. The molecule has 1 saturated heterocycles. The predicted octanol–water partition coefficient (Wildman–Crippen LogP) is -0.240. The summed E-state index contributed by atoms with van der Waals surface area (Å²) in [4.78, 5) is 24.2. The lowest BCUT2D eigenvalue weighted by Gasteiger charge is -2.28. The zero-order chi connectivity index (χ0) is 11.5. The molecule has 5 heteroatoms. The fourth-order valence-corrected chi connectivity index (χ4v) is 1.22. The van der Waals surface area contributed by atoms with Crippen molar-refractivity contribution in [1.82, 2.24) is 10.2 Å². The highest BCUT2D eigenvalue weighted by Crippen LogP contribution is 2.07. The van der Waals surface area contributed by atoms with E-state index in [1.807, 2.05) is 20.8 Å². The van der Waals surface area contributed by atoms with Crippen molar-refractivity contribution in [2.45, 2.75) is 26.4 Å². The molecular weight excluding hydrogens is 196 g/mol. The predicted molar refractivity (Wildman–Crippen MR) is 55.3 cm³/mol. The maximum Gasteiger partial charge on any atom is 0.249 e. The number of rotatable bonds is 2. The van der Waals surface area contributed by atoms with E-state index in [-0.39, 0.29) is 30.6 Å². The van der Waals surface area contributed by atoms with Crippen molar-refractivity contribution in [3.63, 3.8) is 0 Å². The Morgan fingerprint density at radius 3 is 2.73 bits per heavy atom. The normalized spacial score (nSPS) is 17.5. The third-order valence-electron chi connectivity index (χ3n) is 2.02. The maximum absolute atomic E-state index is 11.6. The van der Waals surface area contributed by atoms with Crippen LogP contribution >= 0.6 is 0 Å². The lowest BCUT2D eigenvalue weighted by molar-refractivity contribution is -0.145. The van der Waals surface area contributed by atoms with Gasteiger partial charge in [0.15, 0.2) is 0 Å². The van der Waals surface area contributed by atoms with Crippen molar-refractivity contribution in [2.75, 3.05) is 26.2 Å². The number of carbonyl (C=O) groups excluding carboxylic acids is 2. The van der Waals surface area contributed by atoms with Gasteiger partial charge in [-0.25, -0.2) is 0 Å². The van der Waals surface area contributed by atoms with Crippen LogP contribution in [0.3, 0.4) is 0 Å². The summed E-state index contributed by atoms with van der Waals surface area (Å²) in [5, 5.41) is 2.67. The standard InChI is InChI=1S/C10H18N2O3/c1-10(2,3)15-7-9(14)12-5-4-11-8(13)6-12/h4-7H2,1-3H3,(H,11,13). The summed E-state index contributed by atoms with van der Waals surface area (Å²) in [5.41, 5.74) is -0.326. The van der Waals surface area contributed by atoms with Gasteiger partial charge in [0.1, 0.15) is 6.61 Å². The Hall–Kier alpha value is -1.10. The summed E-state index contributed by atoms with van der Waals surface area (Å²) < 4.78 is 5.36. The van der Waals surface area contributed by atoms with Gasteiger partial charge in [0.25, 0.3) is 0 Å². The van der Waals surface area contributed by atoms with Crippen LogP contribution in [0.15, 0.2) is 0 Å². The third kappa shape index (κ3) is 4.29. The summed E-state index contributed by atoms with van der Waals surface area (Å²) >= 11 is 0. The molecule has 86 valence electrons. The zero-order valence-electron chi connectivity index (χ0n) is 9.50. The summed E-state index contributed by atoms with van der Waals surface area (Å²) in [6.45, 7) is 6.96. The van der Waals surface area contributed by atoms with E-state index in [1.54, 1.807) is 0 Å². The Morgan fingerprint density at radius 1 is 1.53 bits per heavy atom. The van der Waals surface area contributed by atoms with E-state index in [9.17, 15) is 9.59 Å². The van der Waals surface area contributed by atoms with Crippen LogP contribution in [-0.2, 0) is 14.3 Å². The average Bonchev–Trinajstić information content (AvgIpc) is 2.13. The summed E-state index contributed by atoms with van der Waals surface area (Å²) in [5.74, 6) is -0.231. The van der Waals surface area contributed by atoms with Crippen LogP contribution < -0.4 is 5.32 Å². The molecule has 0 aliphatic carbocycles. The van der Waals surface area contributed by atoms with Gasteiger partial charge in [-0.3, -0.25) is 9.59 Å². The van der Waals surface area contributed by atoms with Crippen LogP contribution in [0.25, 0.3) is 0 Å². The SMILES string of the molecule is CC(C)(C)OCC(=O)N1CCNC(=O)C1. The highest BCUT2D eigenvalue weighted by Gasteiger charge is 2.22. The topological polar surface area (TPSA) is 58.6 Å². The van der Waals surface area contributed by atoms with Crippen molar-refractivity contribution in [3.05, 3.63) is 0 Å². The fourth-order valence-electron chi connectivity index (χ4n) is 1.22. The molecule has 0 spiro atoms. The molecule has 1 fully saturated rings. The highest BCUT2D eigenvalue weighted by molar-refractivity contribution is 5.86. The van der Waals surface area contributed by atoms with Crippen LogP contribution in [0.1, 0.15) is 20.8 Å². The molecule has 1 aliphatic heterocycles. The largest absolute Gasteiger partial charge is 0.366 e. The second-order valence-electron chi connectivity index (χ2n) is 4.57. The first kappa shape index (κ1) is 12.0. The van der Waals surface area contributed by atoms with E-state index < -0.39 is 0 Å². The van der Waals surface area contributed by atoms with Crippen molar-refractivity contribution < 1.29 is 14.3 Å². The minimum atomic E-state index is -0.326. The highest BCUT2D eigenvalue weighted by atomic mass is 16.5. The van der Waals surface area contributed by atoms with Gasteiger partial charge >= 0.3 is 0 Å². The Balaban J connectivity index is 2.36. The lowest BCUT2D eigenvalue weighted by Crippen LogP contribution is -2.51. The second kappa shape index (κ2) is 4.61. The van der Waals surface area contributed by atoms with Crippen molar-refractivity contribution in [3.8, 4) is 0 Å². The molecule has 0 atom stereocenters. The quantitative estimate of drug-likeness (QED) is 0.690. The van der Waals surface area contributed by atoms with Crippen LogP contribution in [-0.4, -0.2) is 48.6 Å². The van der Waals surface area contributed by atoms with E-state index in [2.05, 4.69) is 5.32 Å². The average molecular weight is 214 g/mol. The molecule has 1 heterocycles. The zero-order valence-corrected chi connectivity index (χ0v) is 9.50. The van der Waals surface area contributed by atoms with E-state index >= 15 is 0 Å². The van der Waals surface area contributed by atoms with Crippen molar-refractivity contribution in [2.24, 2.45) is 0 Å². The fraction of sp³-hybridized carbons (Fsp3) is 0.800. The van der Waals surface area contributed by atoms with Crippen LogP contribution in [0.4, 0.5) is 0 Å². The van der Waals surface area contributed by atoms with Gasteiger partial charge in [0.05, 0.1) is 12.1 Å². The van der Waals surface area contributed by atoms with Crippen LogP contribution in [0, 0.1) is 0 Å². The minimum Gasteiger partial charge on any atom is -0.366 e. The molecule has 0 aromatic rings. The monoisotopic (exact) mass is 214 g/mol. The van der Waals surface area contributed by atoms with E-state index in [0.29, 0.717) is 13.1 Å². The van der Waals surface area contributed by atoms with Crippen molar-refractivity contribution >= 4 is 11.8 Å². The molecule has 0 aromatic carbocycles. The molecule has 2 amide bonds. The molecular formula is C10H18N2O3. The van der Waals surface area contributed by atoms with Gasteiger partial charge in [-0.2, -0.15) is 0 Å². The van der Waals surface area contributed by atoms with Gasteiger partial charge < -0.3 is 15.0 Å². The Labute approximate surface area is 89.8 Å². The molecule has 0 unspecified atom stereocenters. The maximum atomic E-state index is 11.6. The van der Waals surface area contributed by atoms with Crippen LogP contribution in [0.2, 0.25) is 0 Å². The number of carbonyl (C=O) groups is 2. The number of nitrogens with one attached hydrogen (secondary N) is 1. The Bertz CT molecular complexity index is 258. The molecule has 0 bridgehead atoms. The molecule has 0 aromatic heterocycles. The Kier molecular flexibility index (Phi) is 3.68. The van der Waals surface area contributed by atoms with Crippen LogP contribution in [0.5, 0.6) is 0 Å². The molecule has 1 aliphatic rings. The van der Waals surface area contributed by atoms with E-state index in [4.69, 9.17) is 4.74 Å². The van der Waals surface area contributed by atoms with Gasteiger partial charge in [-0.15, -0.1) is 0 Å². The van der Waals surface area contributed by atoms with Gasteiger partial charge in [0.2, 0.25) is 11.8 Å². The number of amides is 2. The van der Waals surface area contributed by atoms with Gasteiger partial charge in [-0.1, -0.05) is 0 Å². The molecule has 5 nitrogen and oxygen atoms in total. The van der Waals surface area contributed by atoms with Crippen molar-refractivity contribution in [1.29, 1.82) is 0 Å². The summed E-state index contributed by atoms with van der Waals surface area (Å²) in [6, 6.07) is 0. The molecule has 1 N–H and O–H groups in total. The first-order valence-electron chi connectivity index (χ1n) is 5.07. The third-order valence-corrected chi connectivity index (χ3v) is 2.02. The number of nitrogens with zero attached hydrogens (tertiary/aromatic N) is 1. The molecule has 0 saturated carbocycles. The number of piperazine rings is 1. The number of hydrogen-bond donors (Lipinski definition) is 1. The number of hydrogen-bond acceptors (Lipinski definition) is 3. The molecule has 0 radical (unpaired) electrons. The van der Waals surface area contributed by atoms with E-state index in [0.717, 1.165) is 0 Å². The summed E-state index contributed by atoms with van der Waals surface area (Å²) in [7, 11) is 0. The molecule has 1 rings (SSSR count). The second-order valence-corrected chi connectivity index (χ2v) is 4.57. The summed E-state index contributed by atoms with van der Waals surface area (Å²) in [6.07, 6.45) is 0. The first-order valence-corrected chi connectivity index (χ1v) is 5.07. The smallest absolute Gasteiger partial charge is 0.249 e. The number of ether oxygens (including phenoxy) is 1. The van der Waals surface area contributed by atoms with Gasteiger partial charge in [0, 0.05) is 13.1 Å². The van der Waals surface area contributed by atoms with E-state index in [1.165, 1.54) is 4.90 Å². The minimum absolute atomic E-state index is 0.0385.